The van der Waals surface area contributed by atoms with Crippen molar-refractivity contribution in [2.75, 3.05) is 11.9 Å². The summed E-state index contributed by atoms with van der Waals surface area (Å²) < 4.78 is 19.2. The predicted octanol–water partition coefficient (Wildman–Crippen LogP) is 4.49. The zero-order chi connectivity index (χ0) is 21.5. The number of hydrogen-bond donors (Lipinski definition) is 2. The number of carbonyl (C=O) groups excluding carboxylic acids is 2. The number of benzene rings is 2. The SMILES string of the molecule is CCC(NC(=O)c1ccccc1OCC(=O)Nc1ccccc1F)c1nc(C)cs1. The van der Waals surface area contributed by atoms with Crippen molar-refractivity contribution in [3.8, 4) is 5.75 Å². The number of amides is 2. The van der Waals surface area contributed by atoms with Gasteiger partial charge in [-0.3, -0.25) is 9.59 Å². The predicted molar refractivity (Wildman–Crippen MR) is 114 cm³/mol. The Hall–Kier alpha value is -3.26. The fourth-order valence-electron chi connectivity index (χ4n) is 2.78. The molecule has 0 bridgehead atoms. The molecular formula is C22H22FN3O3S. The van der Waals surface area contributed by atoms with Crippen LogP contribution in [0.3, 0.4) is 0 Å². The Balaban J connectivity index is 1.65. The third-order valence-electron chi connectivity index (χ3n) is 4.29. The highest BCUT2D eigenvalue weighted by atomic mass is 32.1. The number of anilines is 1. The summed E-state index contributed by atoms with van der Waals surface area (Å²) in [6.07, 6.45) is 0.687. The summed E-state index contributed by atoms with van der Waals surface area (Å²) in [5.74, 6) is -1.11. The van der Waals surface area contributed by atoms with Crippen molar-refractivity contribution in [2.45, 2.75) is 26.3 Å². The molecule has 0 saturated carbocycles. The highest BCUT2D eigenvalue weighted by Crippen LogP contribution is 2.24. The lowest BCUT2D eigenvalue weighted by Gasteiger charge is -2.16. The average molecular weight is 428 g/mol. The molecule has 156 valence electrons. The van der Waals surface area contributed by atoms with Crippen LogP contribution in [0, 0.1) is 12.7 Å². The minimum Gasteiger partial charge on any atom is -0.483 e. The Morgan fingerprint density at radius 2 is 1.90 bits per heavy atom. The van der Waals surface area contributed by atoms with Crippen LogP contribution in [-0.4, -0.2) is 23.4 Å². The maximum Gasteiger partial charge on any atom is 0.262 e. The van der Waals surface area contributed by atoms with Gasteiger partial charge in [-0.1, -0.05) is 31.2 Å². The molecule has 8 heteroatoms. The number of hydrogen-bond acceptors (Lipinski definition) is 5. The van der Waals surface area contributed by atoms with Gasteiger partial charge in [-0.05, 0) is 37.6 Å². The van der Waals surface area contributed by atoms with E-state index < -0.39 is 11.7 Å². The smallest absolute Gasteiger partial charge is 0.262 e. The molecule has 1 atom stereocenters. The first-order chi connectivity index (χ1) is 14.5. The van der Waals surface area contributed by atoms with Crippen LogP contribution in [0.15, 0.2) is 53.9 Å². The largest absolute Gasteiger partial charge is 0.483 e. The Morgan fingerprint density at radius 1 is 1.17 bits per heavy atom. The van der Waals surface area contributed by atoms with Crippen molar-refractivity contribution in [1.82, 2.24) is 10.3 Å². The fourth-order valence-corrected chi connectivity index (χ4v) is 3.71. The van der Waals surface area contributed by atoms with Gasteiger partial charge >= 0.3 is 0 Å². The minimum atomic E-state index is -0.534. The maximum atomic E-state index is 13.7. The van der Waals surface area contributed by atoms with E-state index in [2.05, 4.69) is 15.6 Å². The Morgan fingerprint density at radius 3 is 2.60 bits per heavy atom. The number of ether oxygens (including phenoxy) is 1. The van der Waals surface area contributed by atoms with E-state index in [-0.39, 0.29) is 30.0 Å². The second kappa shape index (κ2) is 9.98. The first-order valence-electron chi connectivity index (χ1n) is 9.47. The van der Waals surface area contributed by atoms with Crippen LogP contribution >= 0.6 is 11.3 Å². The maximum absolute atomic E-state index is 13.7. The van der Waals surface area contributed by atoms with Gasteiger partial charge in [0.15, 0.2) is 6.61 Å². The van der Waals surface area contributed by atoms with E-state index in [0.717, 1.165) is 10.7 Å². The first kappa shape index (κ1) is 21.4. The molecule has 0 saturated heterocycles. The molecular weight excluding hydrogens is 405 g/mol. The molecule has 30 heavy (non-hydrogen) atoms. The van der Waals surface area contributed by atoms with Gasteiger partial charge in [0.05, 0.1) is 17.3 Å². The lowest BCUT2D eigenvalue weighted by atomic mass is 10.1. The Labute approximate surface area is 178 Å². The third kappa shape index (κ3) is 5.42. The molecule has 1 aromatic heterocycles. The fraction of sp³-hybridized carbons (Fsp3) is 0.227. The summed E-state index contributed by atoms with van der Waals surface area (Å²) in [4.78, 5) is 29.4. The summed E-state index contributed by atoms with van der Waals surface area (Å²) in [6.45, 7) is 3.52. The van der Waals surface area contributed by atoms with Crippen molar-refractivity contribution in [1.29, 1.82) is 0 Å². The zero-order valence-electron chi connectivity index (χ0n) is 16.6. The number of para-hydroxylation sites is 2. The van der Waals surface area contributed by atoms with Gasteiger partial charge in [0.2, 0.25) is 0 Å². The second-order valence-electron chi connectivity index (χ2n) is 6.57. The molecule has 6 nitrogen and oxygen atoms in total. The van der Waals surface area contributed by atoms with Crippen molar-refractivity contribution >= 4 is 28.8 Å². The number of aromatic nitrogens is 1. The minimum absolute atomic E-state index is 0.0710. The van der Waals surface area contributed by atoms with Gasteiger partial charge in [-0.2, -0.15) is 0 Å². The van der Waals surface area contributed by atoms with Crippen molar-refractivity contribution in [2.24, 2.45) is 0 Å². The second-order valence-corrected chi connectivity index (χ2v) is 7.46. The van der Waals surface area contributed by atoms with E-state index in [1.807, 2.05) is 19.2 Å². The molecule has 0 radical (unpaired) electrons. The molecule has 2 N–H and O–H groups in total. The van der Waals surface area contributed by atoms with Gasteiger partial charge in [0.25, 0.3) is 11.8 Å². The Kier molecular flexibility index (Phi) is 7.13. The van der Waals surface area contributed by atoms with Gasteiger partial charge in [-0.15, -0.1) is 11.3 Å². The normalized spacial score (nSPS) is 11.6. The molecule has 0 aliphatic carbocycles. The molecule has 0 fully saturated rings. The molecule has 1 heterocycles. The van der Waals surface area contributed by atoms with Crippen LogP contribution in [0.5, 0.6) is 5.75 Å². The van der Waals surface area contributed by atoms with Gasteiger partial charge in [0, 0.05) is 11.1 Å². The van der Waals surface area contributed by atoms with Crippen LogP contribution in [0.4, 0.5) is 10.1 Å². The monoisotopic (exact) mass is 427 g/mol. The summed E-state index contributed by atoms with van der Waals surface area (Å²) in [5.41, 5.74) is 1.29. The number of thiazole rings is 1. The van der Waals surface area contributed by atoms with E-state index in [1.165, 1.54) is 29.5 Å². The van der Waals surface area contributed by atoms with Crippen molar-refractivity contribution in [3.63, 3.8) is 0 Å². The molecule has 2 amide bonds. The number of aryl methyl sites for hydroxylation is 1. The van der Waals surface area contributed by atoms with Gasteiger partial charge in [0.1, 0.15) is 16.6 Å². The van der Waals surface area contributed by atoms with Crippen LogP contribution in [-0.2, 0) is 4.79 Å². The van der Waals surface area contributed by atoms with Crippen molar-refractivity contribution in [3.05, 3.63) is 76.0 Å². The average Bonchev–Trinajstić information content (AvgIpc) is 3.18. The van der Waals surface area contributed by atoms with E-state index >= 15 is 0 Å². The zero-order valence-corrected chi connectivity index (χ0v) is 17.5. The summed E-state index contributed by atoms with van der Waals surface area (Å²) in [7, 11) is 0. The quantitative estimate of drug-likeness (QED) is 0.555. The Bertz CT molecular complexity index is 1040. The first-order valence-corrected chi connectivity index (χ1v) is 10.3. The van der Waals surface area contributed by atoms with E-state index in [0.29, 0.717) is 12.0 Å². The topological polar surface area (TPSA) is 80.3 Å². The third-order valence-corrected chi connectivity index (χ3v) is 5.36. The summed E-state index contributed by atoms with van der Waals surface area (Å²) in [5, 5.41) is 8.19. The van der Waals surface area contributed by atoms with Crippen molar-refractivity contribution < 1.29 is 18.7 Å². The van der Waals surface area contributed by atoms with E-state index in [9.17, 15) is 14.0 Å². The molecule has 0 aliphatic heterocycles. The van der Waals surface area contributed by atoms with Gasteiger partial charge < -0.3 is 15.4 Å². The summed E-state index contributed by atoms with van der Waals surface area (Å²) in [6, 6.07) is 12.3. The molecule has 3 rings (SSSR count). The van der Waals surface area contributed by atoms with E-state index in [1.54, 1.807) is 30.3 Å². The van der Waals surface area contributed by atoms with E-state index in [4.69, 9.17) is 4.74 Å². The van der Waals surface area contributed by atoms with Gasteiger partial charge in [-0.25, -0.2) is 9.37 Å². The number of nitrogens with zero attached hydrogens (tertiary/aromatic N) is 1. The lowest BCUT2D eigenvalue weighted by molar-refractivity contribution is -0.118. The molecule has 2 aromatic carbocycles. The number of halogens is 1. The molecule has 0 aliphatic rings. The van der Waals surface area contributed by atoms with Crippen LogP contribution in [0.25, 0.3) is 0 Å². The van der Waals surface area contributed by atoms with Crippen LogP contribution in [0.1, 0.15) is 40.4 Å². The number of rotatable bonds is 8. The van der Waals surface area contributed by atoms with Crippen LogP contribution < -0.4 is 15.4 Å². The highest BCUT2D eigenvalue weighted by molar-refractivity contribution is 7.09. The number of carbonyl (C=O) groups is 2. The molecule has 3 aromatic rings. The summed E-state index contributed by atoms with van der Waals surface area (Å²) >= 11 is 1.50. The number of nitrogens with one attached hydrogen (secondary N) is 2. The molecule has 1 unspecified atom stereocenters. The highest BCUT2D eigenvalue weighted by Gasteiger charge is 2.20. The standard InChI is InChI=1S/C22H22FN3O3S/c1-3-17(22-24-14(2)13-30-22)26-21(28)15-8-4-7-11-19(15)29-12-20(27)25-18-10-6-5-9-16(18)23/h4-11,13,17H,3,12H2,1-2H3,(H,25,27)(H,26,28). The molecule has 0 spiro atoms. The van der Waals surface area contributed by atoms with Crippen LogP contribution in [0.2, 0.25) is 0 Å². The lowest BCUT2D eigenvalue weighted by Crippen LogP contribution is -2.29.